The first kappa shape index (κ1) is 55.2. The highest BCUT2D eigenvalue weighted by molar-refractivity contribution is 5.89. The van der Waals surface area contributed by atoms with Crippen molar-refractivity contribution in [2.75, 3.05) is 20.3 Å². The van der Waals surface area contributed by atoms with Crippen LogP contribution < -0.4 is 9.47 Å². The summed E-state index contributed by atoms with van der Waals surface area (Å²) in [5.41, 5.74) is -1.77. The quantitative estimate of drug-likeness (QED) is 0.0366. The van der Waals surface area contributed by atoms with E-state index >= 15 is 0 Å². The van der Waals surface area contributed by atoms with Crippen LogP contribution in [0.25, 0.3) is 0 Å². The van der Waals surface area contributed by atoms with Crippen LogP contribution in [-0.2, 0) is 42.7 Å². The number of hydrogen-bond acceptors (Lipinski definition) is 19. The minimum absolute atomic E-state index is 0.0439. The molecule has 6 aliphatic rings. The molecule has 406 valence electrons. The number of hydrogen-bond donors (Lipinski definition) is 4. The molecule has 2 heterocycles. The van der Waals surface area contributed by atoms with E-state index in [0.29, 0.717) is 50.7 Å². The Morgan fingerprint density at radius 3 is 2.14 bits per heavy atom. The zero-order valence-corrected chi connectivity index (χ0v) is 43.0. The van der Waals surface area contributed by atoms with Crippen molar-refractivity contribution in [1.29, 1.82) is 0 Å². The number of methoxy groups -OCH3 is 1. The maximum Gasteiger partial charge on any atom is 0.514 e. The van der Waals surface area contributed by atoms with Gasteiger partial charge in [0.2, 0.25) is 0 Å². The summed E-state index contributed by atoms with van der Waals surface area (Å²) in [4.78, 5) is 64.1. The molecule has 2 aliphatic heterocycles. The molecule has 20 heteroatoms. The van der Waals surface area contributed by atoms with Crippen molar-refractivity contribution in [3.63, 3.8) is 0 Å². The van der Waals surface area contributed by atoms with Crippen LogP contribution in [0.5, 0.6) is 11.5 Å². The lowest BCUT2D eigenvalue weighted by molar-refractivity contribution is -0.384. The van der Waals surface area contributed by atoms with Gasteiger partial charge in [-0.25, -0.2) is 9.59 Å². The maximum atomic E-state index is 14.3. The molecule has 2 saturated heterocycles. The number of carbonyl (C=O) groups is 4. The molecule has 17 atom stereocenters. The molecule has 0 bridgehead atoms. The monoisotopic (exact) mass is 1040 g/mol. The van der Waals surface area contributed by atoms with E-state index in [-0.39, 0.29) is 58.3 Å². The van der Waals surface area contributed by atoms with Gasteiger partial charge in [0.25, 0.3) is 5.69 Å². The standard InChI is InChI=1S/C54H71NO19/c1-28(2)8-19-40(57)29(3)54(63)43(25-39-37-18-11-32-24-36(20-22-52(32,5)38(37)21-23-53(39,54)6)71-51(62)70-35-16-12-33(13-17-35)55(64)65)72-50-47(69-30(4)56)45(42(59)27-68-50)74-49-46(44(60)41(58)26-67-49)73-48(61)31-9-14-34(66-7)15-10-31/h9-17,28-29,36-39,41-47,49-50,58-60,63H,8,18-27H2,1-7H3/t29-,36+,37-,38?,39+,41-,42+,43+,44+,45+,46-,47-,49+,50+,52+,53+,54-/m1/s1. The third-order valence-corrected chi connectivity index (χ3v) is 17.2. The van der Waals surface area contributed by atoms with Crippen LogP contribution >= 0.6 is 0 Å². The summed E-state index contributed by atoms with van der Waals surface area (Å²) in [5, 5.41) is 58.0. The Kier molecular flexibility index (Phi) is 16.6. The number of benzene rings is 2. The number of ketones is 1. The van der Waals surface area contributed by atoms with Gasteiger partial charge in [0.1, 0.15) is 53.4 Å². The van der Waals surface area contributed by atoms with Gasteiger partial charge in [-0.15, -0.1) is 0 Å². The number of fused-ring (bicyclic) bond motifs is 5. The summed E-state index contributed by atoms with van der Waals surface area (Å²) >= 11 is 0. The minimum Gasteiger partial charge on any atom is -0.497 e. The summed E-state index contributed by atoms with van der Waals surface area (Å²) in [7, 11) is 1.47. The predicted molar refractivity (Wildman–Crippen MR) is 259 cm³/mol. The number of rotatable bonds is 16. The summed E-state index contributed by atoms with van der Waals surface area (Å²) in [6, 6.07) is 11.2. The second kappa shape index (κ2) is 22.3. The molecule has 74 heavy (non-hydrogen) atoms. The molecule has 20 nitrogen and oxygen atoms in total. The van der Waals surface area contributed by atoms with E-state index in [9.17, 15) is 49.7 Å². The molecule has 2 aromatic rings. The molecule has 4 N–H and O–H groups in total. The molecular formula is C54H71NO19. The van der Waals surface area contributed by atoms with Gasteiger partial charge in [-0.1, -0.05) is 46.3 Å². The number of carbonyl (C=O) groups excluding carboxylic acids is 4. The summed E-state index contributed by atoms with van der Waals surface area (Å²) in [6.07, 6.45) is -7.72. The molecule has 1 unspecified atom stereocenters. The van der Waals surface area contributed by atoms with E-state index < -0.39 is 115 Å². The summed E-state index contributed by atoms with van der Waals surface area (Å²) < 4.78 is 53.0. The van der Waals surface area contributed by atoms with E-state index in [1.54, 1.807) is 19.1 Å². The smallest absolute Gasteiger partial charge is 0.497 e. The number of allylic oxidation sites excluding steroid dienone is 1. The van der Waals surface area contributed by atoms with Crippen molar-refractivity contribution in [3.05, 3.63) is 75.9 Å². The first-order valence-corrected chi connectivity index (χ1v) is 25.8. The average Bonchev–Trinajstić information content (AvgIpc) is 3.60. The Bertz CT molecular complexity index is 2400. The number of nitrogens with zero attached hydrogens (tertiary/aromatic N) is 1. The van der Waals surface area contributed by atoms with Gasteiger partial charge in [-0.3, -0.25) is 19.7 Å². The van der Waals surface area contributed by atoms with Gasteiger partial charge >= 0.3 is 18.1 Å². The van der Waals surface area contributed by atoms with E-state index in [2.05, 4.69) is 13.0 Å². The highest BCUT2D eigenvalue weighted by atomic mass is 16.8. The number of non-ortho nitro benzene ring substituents is 1. The van der Waals surface area contributed by atoms with E-state index in [1.165, 1.54) is 49.1 Å². The molecule has 5 fully saturated rings. The van der Waals surface area contributed by atoms with Crippen LogP contribution in [0.15, 0.2) is 60.2 Å². The Hall–Kier alpha value is -5.06. The highest BCUT2D eigenvalue weighted by Crippen LogP contribution is 2.69. The molecule has 0 radical (unpaired) electrons. The van der Waals surface area contributed by atoms with Gasteiger partial charge < -0.3 is 63.1 Å². The normalized spacial score (nSPS) is 37.0. The minimum atomic E-state index is -1.76. The predicted octanol–water partition coefficient (Wildman–Crippen LogP) is 6.16. The average molecular weight is 1040 g/mol. The largest absolute Gasteiger partial charge is 0.514 e. The first-order valence-electron chi connectivity index (χ1n) is 25.8. The second-order valence-corrected chi connectivity index (χ2v) is 21.9. The van der Waals surface area contributed by atoms with Crippen molar-refractivity contribution in [1.82, 2.24) is 0 Å². The second-order valence-electron chi connectivity index (χ2n) is 21.9. The molecule has 0 aromatic heterocycles. The van der Waals surface area contributed by atoms with Crippen LogP contribution in [-0.4, -0.2) is 137 Å². The molecule has 3 saturated carbocycles. The zero-order chi connectivity index (χ0) is 53.4. The third kappa shape index (κ3) is 10.8. The van der Waals surface area contributed by atoms with E-state index in [1.807, 2.05) is 20.8 Å². The van der Waals surface area contributed by atoms with Crippen molar-refractivity contribution < 1.29 is 87.2 Å². The summed E-state index contributed by atoms with van der Waals surface area (Å²) in [5.74, 6) is -1.83. The first-order chi connectivity index (χ1) is 35.1. The number of nitro groups is 1. The molecular weight excluding hydrogens is 967 g/mol. The number of nitro benzene ring substituents is 1. The Labute approximate surface area is 430 Å². The van der Waals surface area contributed by atoms with Gasteiger partial charge in [-0.2, -0.15) is 0 Å². The molecule has 8 rings (SSSR count). The van der Waals surface area contributed by atoms with Gasteiger partial charge in [0.05, 0.1) is 36.9 Å². The van der Waals surface area contributed by atoms with Gasteiger partial charge in [-0.05, 0) is 110 Å². The van der Waals surface area contributed by atoms with Gasteiger partial charge in [0.15, 0.2) is 24.8 Å². The van der Waals surface area contributed by atoms with Crippen molar-refractivity contribution in [3.8, 4) is 11.5 Å². The van der Waals surface area contributed by atoms with Crippen LogP contribution in [0.4, 0.5) is 10.5 Å². The fourth-order valence-electron chi connectivity index (χ4n) is 13.1. The van der Waals surface area contributed by atoms with Crippen molar-refractivity contribution >= 4 is 29.6 Å². The lowest BCUT2D eigenvalue weighted by Crippen LogP contribution is -2.64. The maximum absolute atomic E-state index is 14.3. The Morgan fingerprint density at radius 1 is 0.824 bits per heavy atom. The summed E-state index contributed by atoms with van der Waals surface area (Å²) in [6.45, 7) is 10.4. The number of esters is 2. The molecule has 0 spiro atoms. The molecule has 2 aromatic carbocycles. The van der Waals surface area contributed by atoms with E-state index in [0.717, 1.165) is 13.3 Å². The fourth-order valence-corrected chi connectivity index (χ4v) is 13.1. The Balaban J connectivity index is 1.04. The van der Waals surface area contributed by atoms with Crippen LogP contribution in [0, 0.1) is 50.5 Å². The Morgan fingerprint density at radius 2 is 1.49 bits per heavy atom. The third-order valence-electron chi connectivity index (χ3n) is 17.2. The molecule has 4 aliphatic carbocycles. The van der Waals surface area contributed by atoms with Crippen molar-refractivity contribution in [2.45, 2.75) is 166 Å². The highest BCUT2D eigenvalue weighted by Gasteiger charge is 2.71. The van der Waals surface area contributed by atoms with Crippen LogP contribution in [0.1, 0.15) is 110 Å². The lowest BCUT2D eigenvalue weighted by atomic mass is 9.46. The van der Waals surface area contributed by atoms with Crippen LogP contribution in [0.2, 0.25) is 0 Å². The lowest BCUT2D eigenvalue weighted by Gasteiger charge is -2.59. The zero-order valence-electron chi connectivity index (χ0n) is 43.0. The van der Waals surface area contributed by atoms with Crippen molar-refractivity contribution in [2.24, 2.45) is 40.4 Å². The van der Waals surface area contributed by atoms with E-state index in [4.69, 9.17) is 42.6 Å². The van der Waals surface area contributed by atoms with Gasteiger partial charge in [0, 0.05) is 43.2 Å². The number of aliphatic hydroxyl groups is 4. The SMILES string of the molecule is COc1ccc(C(=O)O[C@H]2[C@H](O[C@@H]3[C@@H](OC(C)=O)[C@H](O[C@H]4C[C@H]5[C@@H]6CC=C7C[C@@H](OC(=O)Oc8ccc([N+](=O)[O-])cc8)CC[C@]7(C)C6CC[C@]5(C)[C@@]4(O)[C@H](C)C(=O)CCC(C)C)OC[C@@H]3O)OC[C@@H](O)[C@@H]2O)cc1. The topological polar surface area (TPSA) is 275 Å². The van der Waals surface area contributed by atoms with Crippen LogP contribution in [0.3, 0.4) is 0 Å². The number of ether oxygens (including phenoxy) is 9. The fraction of sp³-hybridized carbons (Fsp3) is 0.667. The number of aliphatic hydroxyl groups excluding tert-OH is 3. The number of Topliss-reactive ketones (excluding diaryl/α,β-unsaturated/α-hetero) is 1. The molecule has 0 amide bonds.